The second kappa shape index (κ2) is 7.05. The van der Waals surface area contributed by atoms with E-state index in [4.69, 9.17) is 0 Å². The van der Waals surface area contributed by atoms with Gasteiger partial charge in [-0.2, -0.15) is 5.10 Å². The smallest absolute Gasteiger partial charge is 0.235 e. The SMILES string of the molecule is CNC(=O)C1CCN(C(=O)[C@]23CC[C@H](c4cc(-c5c(F)cccc5F)nnc42)C3(C)C)C1. The van der Waals surface area contributed by atoms with Gasteiger partial charge in [-0.15, -0.1) is 5.10 Å². The minimum absolute atomic E-state index is 0.0192. The summed E-state index contributed by atoms with van der Waals surface area (Å²) in [4.78, 5) is 27.8. The lowest BCUT2D eigenvalue weighted by Gasteiger charge is -2.39. The summed E-state index contributed by atoms with van der Waals surface area (Å²) in [6.45, 7) is 5.06. The molecule has 1 unspecified atom stereocenters. The molecule has 6 nitrogen and oxygen atoms in total. The number of halogens is 2. The van der Waals surface area contributed by atoms with E-state index in [9.17, 15) is 18.4 Å². The Balaban J connectivity index is 1.56. The zero-order valence-electron chi connectivity index (χ0n) is 18.4. The highest BCUT2D eigenvalue weighted by molar-refractivity contribution is 5.92. The Bertz CT molecular complexity index is 1110. The lowest BCUT2D eigenvalue weighted by atomic mass is 9.67. The molecule has 168 valence electrons. The fourth-order valence-corrected chi connectivity index (χ4v) is 6.29. The van der Waals surface area contributed by atoms with Crippen LogP contribution < -0.4 is 5.32 Å². The molecule has 2 aromatic rings. The number of hydrogen-bond acceptors (Lipinski definition) is 4. The summed E-state index contributed by atoms with van der Waals surface area (Å²) in [6, 6.07) is 5.42. The van der Waals surface area contributed by atoms with Gasteiger partial charge in [0.2, 0.25) is 11.8 Å². The van der Waals surface area contributed by atoms with Crippen molar-refractivity contribution in [1.82, 2.24) is 20.4 Å². The van der Waals surface area contributed by atoms with Crippen molar-refractivity contribution in [3.05, 3.63) is 47.2 Å². The lowest BCUT2D eigenvalue weighted by Crippen LogP contribution is -2.51. The van der Waals surface area contributed by atoms with Gasteiger partial charge in [0, 0.05) is 20.1 Å². The number of carbonyl (C=O) groups is 2. The Morgan fingerprint density at radius 3 is 2.56 bits per heavy atom. The van der Waals surface area contributed by atoms with Gasteiger partial charge in [-0.1, -0.05) is 19.9 Å². The number of hydrogen-bond donors (Lipinski definition) is 1. The average molecular weight is 440 g/mol. The van der Waals surface area contributed by atoms with Gasteiger partial charge in [0.25, 0.3) is 0 Å². The molecule has 1 saturated heterocycles. The molecule has 0 radical (unpaired) electrons. The molecule has 5 rings (SSSR count). The summed E-state index contributed by atoms with van der Waals surface area (Å²) < 4.78 is 28.7. The number of benzene rings is 1. The highest BCUT2D eigenvalue weighted by Gasteiger charge is 2.68. The molecule has 3 atom stereocenters. The zero-order chi connectivity index (χ0) is 22.8. The van der Waals surface area contributed by atoms with Crippen LogP contribution in [0.4, 0.5) is 8.78 Å². The molecule has 1 aromatic heterocycles. The predicted octanol–water partition coefficient (Wildman–Crippen LogP) is 3.17. The van der Waals surface area contributed by atoms with E-state index in [-0.39, 0.29) is 34.9 Å². The zero-order valence-corrected chi connectivity index (χ0v) is 18.4. The molecule has 2 fully saturated rings. The van der Waals surface area contributed by atoms with Gasteiger partial charge in [0.05, 0.1) is 28.3 Å². The van der Waals surface area contributed by atoms with E-state index in [2.05, 4.69) is 29.4 Å². The molecule has 1 aliphatic heterocycles. The van der Waals surface area contributed by atoms with E-state index < -0.39 is 22.5 Å². The summed E-state index contributed by atoms with van der Waals surface area (Å²) >= 11 is 0. The fourth-order valence-electron chi connectivity index (χ4n) is 6.29. The number of amides is 2. The highest BCUT2D eigenvalue weighted by Crippen LogP contribution is 2.68. The number of rotatable bonds is 3. The first-order chi connectivity index (χ1) is 15.2. The standard InChI is InChI=1S/C24H26F2N4O2/c1-23(2)15-7-9-24(23,22(32)30-10-8-13(12-30)21(31)27-3)20-14(15)11-18(28-29-20)19-16(25)5-4-6-17(19)26/h4-6,11,13,15H,7-10,12H2,1-3H3,(H,27,31)/t13?,15-,24+/m1/s1. The molecule has 1 aromatic carbocycles. The number of nitrogens with one attached hydrogen (secondary N) is 1. The van der Waals surface area contributed by atoms with Crippen LogP contribution in [-0.4, -0.2) is 47.0 Å². The molecule has 2 heterocycles. The third kappa shape index (κ3) is 2.61. The number of likely N-dealkylation sites (tertiary alicyclic amines) is 1. The molecule has 2 amide bonds. The van der Waals surface area contributed by atoms with Crippen LogP contribution in [0.1, 0.15) is 50.3 Å². The number of aromatic nitrogens is 2. The largest absolute Gasteiger partial charge is 0.359 e. The molecule has 1 saturated carbocycles. The van der Waals surface area contributed by atoms with E-state index in [0.29, 0.717) is 31.6 Å². The predicted molar refractivity (Wildman–Crippen MR) is 114 cm³/mol. The number of nitrogens with zero attached hydrogens (tertiary/aromatic N) is 3. The van der Waals surface area contributed by atoms with Gasteiger partial charge in [0.15, 0.2) is 0 Å². The van der Waals surface area contributed by atoms with Gasteiger partial charge in [-0.25, -0.2) is 8.78 Å². The monoisotopic (exact) mass is 440 g/mol. The number of carbonyl (C=O) groups excluding carboxylic acids is 2. The average Bonchev–Trinajstić information content (AvgIpc) is 3.41. The Morgan fingerprint density at radius 2 is 1.88 bits per heavy atom. The van der Waals surface area contributed by atoms with E-state index in [1.807, 2.05) is 0 Å². The van der Waals surface area contributed by atoms with Crippen molar-refractivity contribution >= 4 is 11.8 Å². The van der Waals surface area contributed by atoms with Gasteiger partial charge in [-0.05, 0) is 54.4 Å². The molecule has 32 heavy (non-hydrogen) atoms. The Labute approximate surface area is 185 Å². The molecule has 3 aliphatic rings. The van der Waals surface area contributed by atoms with Crippen molar-refractivity contribution in [2.24, 2.45) is 11.3 Å². The normalized spacial score (nSPS) is 27.5. The van der Waals surface area contributed by atoms with Gasteiger partial charge in [0.1, 0.15) is 11.6 Å². The van der Waals surface area contributed by atoms with Crippen molar-refractivity contribution < 1.29 is 18.4 Å². The lowest BCUT2D eigenvalue weighted by molar-refractivity contribution is -0.140. The maximum atomic E-state index is 14.4. The van der Waals surface area contributed by atoms with Crippen molar-refractivity contribution in [3.63, 3.8) is 0 Å². The van der Waals surface area contributed by atoms with Gasteiger partial charge >= 0.3 is 0 Å². The third-order valence-corrected chi connectivity index (χ3v) is 8.06. The van der Waals surface area contributed by atoms with E-state index >= 15 is 0 Å². The first-order valence-electron chi connectivity index (χ1n) is 11.1. The minimum Gasteiger partial charge on any atom is -0.359 e. The molecule has 2 bridgehead atoms. The van der Waals surface area contributed by atoms with Crippen LogP contribution in [0.2, 0.25) is 0 Å². The van der Waals surface area contributed by atoms with Crippen molar-refractivity contribution in [1.29, 1.82) is 0 Å². The Hall–Kier alpha value is -2.90. The second-order valence-electron chi connectivity index (χ2n) is 9.70. The maximum absolute atomic E-state index is 14.4. The topological polar surface area (TPSA) is 75.2 Å². The summed E-state index contributed by atoms with van der Waals surface area (Å²) in [7, 11) is 1.61. The van der Waals surface area contributed by atoms with Gasteiger partial charge < -0.3 is 10.2 Å². The van der Waals surface area contributed by atoms with E-state index in [0.717, 1.165) is 12.0 Å². The molecular weight excluding hydrogens is 414 g/mol. The molecule has 0 spiro atoms. The quantitative estimate of drug-likeness (QED) is 0.796. The van der Waals surface area contributed by atoms with Crippen molar-refractivity contribution in [2.75, 3.05) is 20.1 Å². The second-order valence-corrected chi connectivity index (χ2v) is 9.70. The van der Waals surface area contributed by atoms with Crippen LogP contribution >= 0.6 is 0 Å². The summed E-state index contributed by atoms with van der Waals surface area (Å²) in [6.07, 6.45) is 2.08. The summed E-state index contributed by atoms with van der Waals surface area (Å²) in [5.41, 5.74) is 0.155. The maximum Gasteiger partial charge on any atom is 0.235 e. The van der Waals surface area contributed by atoms with Crippen LogP contribution in [-0.2, 0) is 15.0 Å². The van der Waals surface area contributed by atoms with E-state index in [1.165, 1.54) is 18.2 Å². The van der Waals surface area contributed by atoms with Crippen LogP contribution in [0, 0.1) is 23.0 Å². The summed E-state index contributed by atoms with van der Waals surface area (Å²) in [5.74, 6) is -1.62. The minimum atomic E-state index is -0.843. The third-order valence-electron chi connectivity index (χ3n) is 8.06. The first kappa shape index (κ1) is 21.0. The van der Waals surface area contributed by atoms with Crippen LogP contribution in [0.25, 0.3) is 11.3 Å². The van der Waals surface area contributed by atoms with Crippen molar-refractivity contribution in [2.45, 2.75) is 44.4 Å². The first-order valence-corrected chi connectivity index (χ1v) is 11.1. The van der Waals surface area contributed by atoms with Crippen LogP contribution in [0.15, 0.2) is 24.3 Å². The molecule has 2 aliphatic carbocycles. The van der Waals surface area contributed by atoms with Crippen LogP contribution in [0.3, 0.4) is 0 Å². The number of fused-ring (bicyclic) bond motifs is 5. The Morgan fingerprint density at radius 1 is 1.16 bits per heavy atom. The Kier molecular flexibility index (Phi) is 4.62. The molecular formula is C24H26F2N4O2. The van der Waals surface area contributed by atoms with Crippen LogP contribution in [0.5, 0.6) is 0 Å². The van der Waals surface area contributed by atoms with E-state index in [1.54, 1.807) is 18.0 Å². The van der Waals surface area contributed by atoms with Gasteiger partial charge in [-0.3, -0.25) is 9.59 Å². The molecule has 1 N–H and O–H groups in total. The highest BCUT2D eigenvalue weighted by atomic mass is 19.1. The summed E-state index contributed by atoms with van der Waals surface area (Å²) in [5, 5.41) is 11.3. The van der Waals surface area contributed by atoms with Crippen molar-refractivity contribution in [3.8, 4) is 11.3 Å². The fraction of sp³-hybridized carbons (Fsp3) is 0.500. The molecule has 8 heteroatoms.